The van der Waals surface area contributed by atoms with Gasteiger partial charge in [0.15, 0.2) is 0 Å². The summed E-state index contributed by atoms with van der Waals surface area (Å²) in [7, 11) is 0. The van der Waals surface area contributed by atoms with Crippen LogP contribution in [0.4, 0.5) is 0 Å². The molecule has 0 bridgehead atoms. The van der Waals surface area contributed by atoms with Crippen molar-refractivity contribution >= 4 is 48.5 Å². The minimum Gasteiger partial charge on any atom is -0.147 e. The molecule has 0 N–H and O–H groups in total. The monoisotopic (exact) mass is 598 g/mol. The van der Waals surface area contributed by atoms with Crippen molar-refractivity contribution in [3.63, 3.8) is 0 Å². The number of rotatable bonds is 3. The van der Waals surface area contributed by atoms with E-state index in [-0.39, 0.29) is 24.8 Å². The Hall–Kier alpha value is -1.18. The first-order chi connectivity index (χ1) is 15.5. The molecule has 0 amide bonds. The molecule has 0 aliphatic heterocycles. The molecule has 3 aromatic rings. The van der Waals surface area contributed by atoms with Crippen LogP contribution in [0, 0.1) is 5.92 Å². The van der Waals surface area contributed by atoms with Gasteiger partial charge in [0.1, 0.15) is 0 Å². The van der Waals surface area contributed by atoms with Crippen LogP contribution in [0.15, 0.2) is 86.2 Å². The van der Waals surface area contributed by atoms with Crippen LogP contribution in [0.1, 0.15) is 49.4 Å². The van der Waals surface area contributed by atoms with E-state index in [2.05, 4.69) is 118 Å². The first-order valence-corrected chi connectivity index (χ1v) is 25.7. The zero-order valence-electron chi connectivity index (χ0n) is 22.0. The standard InChI is InChI=1S/C20H15.C9H13.2CH3.2ClH.H2Si.Zr/c1-14-11-17-7-4-8-19(20(17)12-14)18-10-9-15-5-2-3-6-16(15)13-18;1-6-5-7(2)9(4)8(6)3;;;;;;/h2-13H,1H3;6H,1-4H3;2*1H3;2*1H;1H2;. The number of benzene rings is 3. The van der Waals surface area contributed by atoms with Crippen LogP contribution in [-0.2, 0) is 17.4 Å². The van der Waals surface area contributed by atoms with Gasteiger partial charge in [0.2, 0.25) is 0 Å². The SMILES string of the molecule is CC1=Cc2c(-c3ccc4ccccc4c3)cccc2[CH]1[Zr]([CH3])([CH3])(=[SiH2])[C]1=C(C)C(C)=C(C)C1C.Cl.Cl. The van der Waals surface area contributed by atoms with Gasteiger partial charge in [-0.05, 0) is 0 Å². The first-order valence-electron chi connectivity index (χ1n) is 12.3. The van der Waals surface area contributed by atoms with Crippen LogP contribution in [0.2, 0.25) is 9.26 Å². The minimum atomic E-state index is -3.35. The second kappa shape index (κ2) is 9.60. The smallest absolute Gasteiger partial charge is 0.147 e. The van der Waals surface area contributed by atoms with Crippen molar-refractivity contribution in [2.45, 2.75) is 47.5 Å². The summed E-state index contributed by atoms with van der Waals surface area (Å²) < 4.78 is 7.82. The van der Waals surface area contributed by atoms with E-state index < -0.39 is 17.4 Å². The largest absolute Gasteiger partial charge is 0.147 e. The fraction of sp³-hybridized carbons (Fsp3) is 0.290. The van der Waals surface area contributed by atoms with Gasteiger partial charge < -0.3 is 0 Å². The second-order valence-corrected chi connectivity index (χ2v) is 41.0. The number of hydrogen-bond acceptors (Lipinski definition) is 0. The molecule has 0 fully saturated rings. The molecule has 35 heavy (non-hydrogen) atoms. The summed E-state index contributed by atoms with van der Waals surface area (Å²) in [4.78, 5) is 0. The first kappa shape index (κ1) is 28.4. The Labute approximate surface area is 226 Å². The van der Waals surface area contributed by atoms with Crippen molar-refractivity contribution < 1.29 is 17.4 Å². The van der Waals surface area contributed by atoms with Crippen molar-refractivity contribution in [3.8, 4) is 11.1 Å². The number of fused-ring (bicyclic) bond motifs is 2. The Morgan fingerprint density at radius 2 is 1.43 bits per heavy atom. The van der Waals surface area contributed by atoms with Gasteiger partial charge in [0, 0.05) is 0 Å². The summed E-state index contributed by atoms with van der Waals surface area (Å²) in [5.41, 5.74) is 12.0. The van der Waals surface area contributed by atoms with Crippen molar-refractivity contribution in [2.75, 3.05) is 0 Å². The van der Waals surface area contributed by atoms with Gasteiger partial charge in [0.25, 0.3) is 0 Å². The Bertz CT molecular complexity index is 1500. The summed E-state index contributed by atoms with van der Waals surface area (Å²) in [5.74, 6) is 0.587. The Morgan fingerprint density at radius 1 is 0.771 bits per heavy atom. The van der Waals surface area contributed by atoms with Crippen LogP contribution >= 0.6 is 24.8 Å². The molecule has 2 aliphatic rings. The third kappa shape index (κ3) is 4.33. The van der Waals surface area contributed by atoms with Gasteiger partial charge in [-0.2, -0.15) is 0 Å². The zero-order valence-corrected chi connectivity index (χ0v) is 27.5. The maximum absolute atomic E-state index is 3.35. The van der Waals surface area contributed by atoms with E-state index in [0.717, 1.165) is 0 Å². The second-order valence-electron chi connectivity index (χ2n) is 11.6. The molecular formula is C31H38Cl2SiZr. The van der Waals surface area contributed by atoms with Crippen LogP contribution in [0.25, 0.3) is 28.0 Å². The maximum atomic E-state index is 2.71. The van der Waals surface area contributed by atoms with E-state index >= 15 is 0 Å². The Kier molecular flexibility index (Phi) is 7.79. The quantitative estimate of drug-likeness (QED) is 0.263. The molecule has 0 saturated carbocycles. The number of allylic oxidation sites excluding steroid dienone is 5. The normalized spacial score (nSPS) is 19.9. The van der Waals surface area contributed by atoms with Gasteiger partial charge in [0.05, 0.1) is 0 Å². The van der Waals surface area contributed by atoms with Gasteiger partial charge in [-0.3, -0.25) is 0 Å². The molecule has 0 heterocycles. The predicted octanol–water partition coefficient (Wildman–Crippen LogP) is 9.40. The van der Waals surface area contributed by atoms with E-state index in [1.807, 2.05) is 3.28 Å². The molecule has 0 saturated heterocycles. The van der Waals surface area contributed by atoms with Crippen LogP contribution in [0.3, 0.4) is 0 Å². The van der Waals surface area contributed by atoms with E-state index in [4.69, 9.17) is 0 Å². The summed E-state index contributed by atoms with van der Waals surface area (Å²) in [6.07, 6.45) is 2.52. The molecule has 4 heteroatoms. The molecule has 2 aliphatic carbocycles. The van der Waals surface area contributed by atoms with E-state index in [0.29, 0.717) is 9.54 Å². The molecule has 3 aromatic carbocycles. The summed E-state index contributed by atoms with van der Waals surface area (Å²) >= 11 is -3.35. The van der Waals surface area contributed by atoms with E-state index in [1.54, 1.807) is 22.3 Å². The average molecular weight is 601 g/mol. The molecule has 0 radical (unpaired) electrons. The topological polar surface area (TPSA) is 0 Å². The third-order valence-electron chi connectivity index (χ3n) is 8.79. The van der Waals surface area contributed by atoms with Crippen molar-refractivity contribution in [1.29, 1.82) is 0 Å². The fourth-order valence-corrected chi connectivity index (χ4v) is 29.0. The van der Waals surface area contributed by atoms with Crippen LogP contribution < -0.4 is 0 Å². The Balaban J connectivity index is 0.00000171. The summed E-state index contributed by atoms with van der Waals surface area (Å²) in [5, 5.41) is 2.62. The number of halogens is 2. The zero-order chi connectivity index (χ0) is 23.7. The Morgan fingerprint density at radius 3 is 2.06 bits per heavy atom. The van der Waals surface area contributed by atoms with Crippen LogP contribution in [-0.4, -0.2) is 6.88 Å². The van der Waals surface area contributed by atoms with Gasteiger partial charge in [-0.25, -0.2) is 0 Å². The van der Waals surface area contributed by atoms with Crippen molar-refractivity contribution in [3.05, 3.63) is 97.4 Å². The van der Waals surface area contributed by atoms with E-state index in [1.165, 1.54) is 33.0 Å². The predicted molar refractivity (Wildman–Crippen MR) is 161 cm³/mol. The summed E-state index contributed by atoms with van der Waals surface area (Å²) in [6.45, 7) is 14.4. The minimum absolute atomic E-state index is 0. The average Bonchev–Trinajstić information content (AvgIpc) is 3.22. The molecule has 0 aromatic heterocycles. The molecule has 5 rings (SSSR count). The van der Waals surface area contributed by atoms with Crippen molar-refractivity contribution in [2.24, 2.45) is 5.92 Å². The molecule has 2 atom stereocenters. The molecule has 2 unspecified atom stereocenters. The molecule has 0 spiro atoms. The number of hydrogen-bond donors (Lipinski definition) is 0. The maximum Gasteiger partial charge on any atom is -0.147 e. The van der Waals surface area contributed by atoms with Crippen molar-refractivity contribution in [1.82, 2.24) is 0 Å². The summed E-state index contributed by atoms with van der Waals surface area (Å²) in [6, 6.07) is 22.7. The van der Waals surface area contributed by atoms with Gasteiger partial charge >= 0.3 is 203 Å². The third-order valence-corrected chi connectivity index (χ3v) is 26.2. The van der Waals surface area contributed by atoms with E-state index in [9.17, 15) is 0 Å². The van der Waals surface area contributed by atoms with Gasteiger partial charge in [-0.15, -0.1) is 24.8 Å². The van der Waals surface area contributed by atoms with Crippen LogP contribution in [0.5, 0.6) is 0 Å². The molecule has 0 nitrogen and oxygen atoms in total. The fourth-order valence-electron chi connectivity index (χ4n) is 7.24. The molecular weight excluding hydrogens is 563 g/mol. The molecule has 184 valence electrons. The van der Waals surface area contributed by atoms with Gasteiger partial charge in [-0.1, -0.05) is 0 Å².